The summed E-state index contributed by atoms with van der Waals surface area (Å²) >= 11 is 0. The van der Waals surface area contributed by atoms with Crippen molar-refractivity contribution in [1.29, 1.82) is 0 Å². The van der Waals surface area contributed by atoms with Gasteiger partial charge in [0.2, 0.25) is 0 Å². The lowest BCUT2D eigenvalue weighted by Gasteiger charge is -2.08. The molecule has 0 fully saturated rings. The van der Waals surface area contributed by atoms with Crippen molar-refractivity contribution >= 4 is 5.97 Å². The first-order valence-corrected chi connectivity index (χ1v) is 13.7. The molecular weight excluding hydrogens is 436 g/mol. The Morgan fingerprint density at radius 3 is 1.38 bits per heavy atom. The van der Waals surface area contributed by atoms with Crippen LogP contribution in [-0.4, -0.2) is 70.1 Å². The van der Waals surface area contributed by atoms with Crippen LogP contribution < -0.4 is 0 Å². The van der Waals surface area contributed by atoms with Gasteiger partial charge in [0.15, 0.2) is 0 Å². The SMILES string of the molecule is CCC(C)CCCCCCCCCCCCCCCCC(=O)OCC(O)CO.OCC(O)CO. The number of carbonyl (C=O) groups is 1. The number of hydrogen-bond acceptors (Lipinski definition) is 7. The molecule has 0 spiro atoms. The van der Waals surface area contributed by atoms with E-state index in [-0.39, 0.29) is 32.4 Å². The molecule has 34 heavy (non-hydrogen) atoms. The van der Waals surface area contributed by atoms with Crippen molar-refractivity contribution < 1.29 is 35.1 Å². The van der Waals surface area contributed by atoms with Crippen molar-refractivity contribution in [2.24, 2.45) is 5.92 Å². The zero-order valence-corrected chi connectivity index (χ0v) is 22.1. The van der Waals surface area contributed by atoms with Crippen LogP contribution in [0.2, 0.25) is 0 Å². The van der Waals surface area contributed by atoms with Gasteiger partial charge in [0, 0.05) is 6.42 Å². The number of rotatable bonds is 23. The maximum Gasteiger partial charge on any atom is 0.305 e. The van der Waals surface area contributed by atoms with E-state index in [1.807, 2.05) is 0 Å². The van der Waals surface area contributed by atoms with Crippen molar-refractivity contribution in [2.75, 3.05) is 26.4 Å². The van der Waals surface area contributed by atoms with Gasteiger partial charge in [0.25, 0.3) is 0 Å². The summed E-state index contributed by atoms with van der Waals surface area (Å²) in [5.74, 6) is 0.636. The van der Waals surface area contributed by atoms with Crippen molar-refractivity contribution in [3.05, 3.63) is 0 Å². The molecule has 7 heteroatoms. The van der Waals surface area contributed by atoms with Gasteiger partial charge in [-0.1, -0.05) is 110 Å². The molecule has 0 heterocycles. The zero-order chi connectivity index (χ0) is 25.9. The summed E-state index contributed by atoms with van der Waals surface area (Å²) in [4.78, 5) is 11.4. The highest BCUT2D eigenvalue weighted by atomic mass is 16.5. The number of hydrogen-bond donors (Lipinski definition) is 5. The molecule has 0 bridgehead atoms. The van der Waals surface area contributed by atoms with Crippen LogP contribution in [0.5, 0.6) is 0 Å². The molecule has 0 radical (unpaired) electrons. The van der Waals surface area contributed by atoms with E-state index in [0.717, 1.165) is 18.8 Å². The molecule has 0 saturated carbocycles. The van der Waals surface area contributed by atoms with Crippen LogP contribution in [0.25, 0.3) is 0 Å². The lowest BCUT2D eigenvalue weighted by molar-refractivity contribution is -0.147. The molecule has 0 rings (SSSR count). The van der Waals surface area contributed by atoms with E-state index < -0.39 is 12.2 Å². The molecule has 2 unspecified atom stereocenters. The third-order valence-electron chi connectivity index (χ3n) is 6.09. The first kappa shape index (κ1) is 35.4. The van der Waals surface area contributed by atoms with Gasteiger partial charge in [-0.3, -0.25) is 4.79 Å². The van der Waals surface area contributed by atoms with Gasteiger partial charge in [0.05, 0.1) is 19.8 Å². The van der Waals surface area contributed by atoms with Gasteiger partial charge in [-0.05, 0) is 12.3 Å². The second-order valence-electron chi connectivity index (χ2n) is 9.54. The quantitative estimate of drug-likeness (QED) is 0.105. The Labute approximate surface area is 208 Å². The zero-order valence-electron chi connectivity index (χ0n) is 22.1. The highest BCUT2D eigenvalue weighted by Gasteiger charge is 2.07. The van der Waals surface area contributed by atoms with Crippen LogP contribution in [0.3, 0.4) is 0 Å². The predicted octanol–water partition coefficient (Wildman–Crippen LogP) is 4.50. The largest absolute Gasteiger partial charge is 0.463 e. The number of carbonyl (C=O) groups excluding carboxylic acids is 1. The highest BCUT2D eigenvalue weighted by molar-refractivity contribution is 5.69. The Hall–Kier alpha value is -0.730. The average molecular weight is 493 g/mol. The molecular formula is C27H56O7. The molecule has 0 aliphatic carbocycles. The Morgan fingerprint density at radius 1 is 0.647 bits per heavy atom. The Kier molecular flexibility index (Phi) is 29.7. The minimum atomic E-state index is -0.955. The normalized spacial score (nSPS) is 12.8. The molecule has 0 amide bonds. The highest BCUT2D eigenvalue weighted by Crippen LogP contribution is 2.16. The van der Waals surface area contributed by atoms with E-state index >= 15 is 0 Å². The smallest absolute Gasteiger partial charge is 0.305 e. The maximum atomic E-state index is 11.4. The lowest BCUT2D eigenvalue weighted by Crippen LogP contribution is -2.21. The number of aliphatic hydroxyl groups is 5. The number of ether oxygens (including phenoxy) is 1. The van der Waals surface area contributed by atoms with Crippen molar-refractivity contribution in [3.63, 3.8) is 0 Å². The summed E-state index contributed by atoms with van der Waals surface area (Å²) < 4.78 is 4.88. The topological polar surface area (TPSA) is 127 Å². The molecule has 5 N–H and O–H groups in total. The minimum absolute atomic E-state index is 0.104. The van der Waals surface area contributed by atoms with Crippen molar-refractivity contribution in [1.82, 2.24) is 0 Å². The van der Waals surface area contributed by atoms with Crippen LogP contribution in [0.15, 0.2) is 0 Å². The summed E-state index contributed by atoms with van der Waals surface area (Å²) in [5.41, 5.74) is 0. The molecule has 0 saturated heterocycles. The van der Waals surface area contributed by atoms with Gasteiger partial charge >= 0.3 is 5.97 Å². The summed E-state index contributed by atoms with van der Waals surface area (Å²) in [6.07, 6.45) is 19.5. The van der Waals surface area contributed by atoms with Gasteiger partial charge in [0.1, 0.15) is 18.8 Å². The fourth-order valence-electron chi connectivity index (χ4n) is 3.46. The summed E-state index contributed by atoms with van der Waals surface area (Å²) in [7, 11) is 0. The first-order chi connectivity index (χ1) is 16.4. The first-order valence-electron chi connectivity index (χ1n) is 13.7. The molecule has 0 aromatic heterocycles. The molecule has 206 valence electrons. The second-order valence-corrected chi connectivity index (χ2v) is 9.54. The van der Waals surface area contributed by atoms with E-state index in [9.17, 15) is 4.79 Å². The summed E-state index contributed by atoms with van der Waals surface area (Å²) in [6.45, 7) is 3.46. The van der Waals surface area contributed by atoms with Crippen LogP contribution in [0.4, 0.5) is 0 Å². The number of unbranched alkanes of at least 4 members (excludes halogenated alkanes) is 13. The van der Waals surface area contributed by atoms with Crippen LogP contribution in [-0.2, 0) is 9.53 Å². The van der Waals surface area contributed by atoms with Gasteiger partial charge < -0.3 is 30.3 Å². The maximum absolute atomic E-state index is 11.4. The summed E-state index contributed by atoms with van der Waals surface area (Å²) in [6, 6.07) is 0. The molecule has 2 atom stereocenters. The summed E-state index contributed by atoms with van der Waals surface area (Å²) in [5, 5.41) is 41.8. The fraction of sp³-hybridized carbons (Fsp3) is 0.963. The Bertz CT molecular complexity index is 402. The van der Waals surface area contributed by atoms with Crippen LogP contribution >= 0.6 is 0 Å². The van der Waals surface area contributed by atoms with E-state index in [1.54, 1.807) is 0 Å². The Balaban J connectivity index is 0. The van der Waals surface area contributed by atoms with E-state index in [4.69, 9.17) is 30.3 Å². The molecule has 0 aliphatic heterocycles. The molecule has 0 aliphatic rings. The number of aliphatic hydroxyl groups excluding tert-OH is 5. The van der Waals surface area contributed by atoms with Crippen molar-refractivity contribution in [2.45, 2.75) is 135 Å². The van der Waals surface area contributed by atoms with Gasteiger partial charge in [-0.25, -0.2) is 0 Å². The van der Waals surface area contributed by atoms with Crippen LogP contribution in [0, 0.1) is 5.92 Å². The monoisotopic (exact) mass is 492 g/mol. The third kappa shape index (κ3) is 29.3. The van der Waals surface area contributed by atoms with E-state index in [2.05, 4.69) is 13.8 Å². The second kappa shape index (κ2) is 28.5. The minimum Gasteiger partial charge on any atom is -0.463 e. The molecule has 7 nitrogen and oxygen atoms in total. The fourth-order valence-corrected chi connectivity index (χ4v) is 3.46. The lowest BCUT2D eigenvalue weighted by atomic mass is 9.99. The standard InChI is InChI=1S/C24H48O4.C3H8O3/c1-3-22(2)18-16-14-12-10-8-6-4-5-7-9-11-13-15-17-19-24(27)28-21-23(26)20-25;4-1-3(6)2-5/h22-23,25-26H,3-21H2,1-2H3;3-6H,1-2H2. The van der Waals surface area contributed by atoms with Crippen molar-refractivity contribution in [3.8, 4) is 0 Å². The van der Waals surface area contributed by atoms with Gasteiger partial charge in [-0.2, -0.15) is 0 Å². The number of esters is 1. The molecule has 0 aromatic carbocycles. The average Bonchev–Trinajstić information content (AvgIpc) is 2.86. The molecule has 0 aromatic rings. The van der Waals surface area contributed by atoms with E-state index in [0.29, 0.717) is 6.42 Å². The van der Waals surface area contributed by atoms with Crippen LogP contribution in [0.1, 0.15) is 123 Å². The van der Waals surface area contributed by atoms with Gasteiger partial charge in [-0.15, -0.1) is 0 Å². The third-order valence-corrected chi connectivity index (χ3v) is 6.09. The predicted molar refractivity (Wildman–Crippen MR) is 138 cm³/mol. The Morgan fingerprint density at radius 2 is 1.03 bits per heavy atom. The van der Waals surface area contributed by atoms with E-state index in [1.165, 1.54) is 89.9 Å².